The molecule has 0 amide bonds. The number of unbranched alkanes of at least 4 members (excludes halogenated alkanes) is 1. The number of benzene rings is 1. The van der Waals surface area contributed by atoms with Gasteiger partial charge < -0.3 is 10.0 Å². The van der Waals surface area contributed by atoms with Gasteiger partial charge in [-0.3, -0.25) is 0 Å². The van der Waals surface area contributed by atoms with Crippen LogP contribution in [0.5, 0.6) is 0 Å². The molecule has 0 aromatic heterocycles. The quantitative estimate of drug-likeness (QED) is 0.855. The molecule has 3 nitrogen and oxygen atoms in total. The second-order valence-electron chi connectivity index (χ2n) is 4.84. The molecule has 0 heterocycles. The maximum atomic E-state index is 14.3. The first kappa shape index (κ1) is 14.3. The first-order valence-electron chi connectivity index (χ1n) is 6.54. The van der Waals surface area contributed by atoms with Gasteiger partial charge in [-0.15, -0.1) is 0 Å². The highest BCUT2D eigenvalue weighted by molar-refractivity contribution is 9.10. The summed E-state index contributed by atoms with van der Waals surface area (Å²) >= 11 is 3.06. The van der Waals surface area contributed by atoms with Crippen molar-refractivity contribution in [1.82, 2.24) is 0 Å². The van der Waals surface area contributed by atoms with E-state index in [1.165, 1.54) is 6.07 Å². The lowest BCUT2D eigenvalue weighted by Crippen LogP contribution is -2.28. The summed E-state index contributed by atoms with van der Waals surface area (Å²) in [5, 5.41) is 8.97. The van der Waals surface area contributed by atoms with Crippen LogP contribution in [0.1, 0.15) is 43.0 Å². The molecule has 1 fully saturated rings. The van der Waals surface area contributed by atoms with E-state index in [1.807, 2.05) is 0 Å². The maximum Gasteiger partial charge on any atom is 0.336 e. The minimum Gasteiger partial charge on any atom is -0.478 e. The lowest BCUT2D eigenvalue weighted by atomic mass is 10.1. The Bertz CT molecular complexity index is 489. The molecule has 1 aliphatic rings. The van der Waals surface area contributed by atoms with E-state index in [4.69, 9.17) is 5.11 Å². The number of hydrogen-bond donors (Lipinski definition) is 1. The molecule has 1 saturated carbocycles. The molecule has 0 unspecified atom stereocenters. The topological polar surface area (TPSA) is 40.5 Å². The Hall–Kier alpha value is -1.10. The number of hydrogen-bond acceptors (Lipinski definition) is 2. The Balaban J connectivity index is 2.32. The number of carboxylic acid groups (broad SMARTS) is 1. The van der Waals surface area contributed by atoms with Gasteiger partial charge in [0.25, 0.3) is 0 Å². The van der Waals surface area contributed by atoms with E-state index in [9.17, 15) is 9.18 Å². The number of halogens is 2. The van der Waals surface area contributed by atoms with Gasteiger partial charge in [0.05, 0.1) is 15.7 Å². The Morgan fingerprint density at radius 2 is 2.21 bits per heavy atom. The van der Waals surface area contributed by atoms with Crippen molar-refractivity contribution in [2.75, 3.05) is 11.4 Å². The molecular formula is C14H17BrFNO2. The molecule has 2 rings (SSSR count). The van der Waals surface area contributed by atoms with Gasteiger partial charge in [-0.25, -0.2) is 9.18 Å². The van der Waals surface area contributed by atoms with Crippen LogP contribution in [0.3, 0.4) is 0 Å². The molecule has 0 bridgehead atoms. The zero-order valence-corrected chi connectivity index (χ0v) is 12.4. The lowest BCUT2D eigenvalue weighted by molar-refractivity contribution is 0.0695. The van der Waals surface area contributed by atoms with Gasteiger partial charge in [-0.1, -0.05) is 13.3 Å². The number of carboxylic acids is 1. The summed E-state index contributed by atoms with van der Waals surface area (Å²) in [6.07, 6.45) is 4.23. The number of nitrogens with zero attached hydrogens (tertiary/aromatic N) is 1. The fourth-order valence-electron chi connectivity index (χ4n) is 2.14. The molecular weight excluding hydrogens is 313 g/mol. The Labute approximate surface area is 120 Å². The zero-order valence-electron chi connectivity index (χ0n) is 10.8. The van der Waals surface area contributed by atoms with E-state index in [1.54, 1.807) is 6.07 Å². The summed E-state index contributed by atoms with van der Waals surface area (Å²) in [5.74, 6) is -1.59. The molecule has 0 spiro atoms. The SMILES string of the molecule is CCCCN(c1ccc(C(=O)O)c(Br)c1F)C1CC1. The Kier molecular flexibility index (Phi) is 4.45. The van der Waals surface area contributed by atoms with E-state index in [0.717, 1.165) is 32.2 Å². The largest absolute Gasteiger partial charge is 0.478 e. The fraction of sp³-hybridized carbons (Fsp3) is 0.500. The maximum absolute atomic E-state index is 14.3. The first-order chi connectivity index (χ1) is 9.06. The van der Waals surface area contributed by atoms with Crippen LogP contribution >= 0.6 is 15.9 Å². The molecule has 5 heteroatoms. The molecule has 0 radical (unpaired) electrons. The van der Waals surface area contributed by atoms with Crippen LogP contribution in [-0.2, 0) is 0 Å². The predicted molar refractivity (Wildman–Crippen MR) is 76.3 cm³/mol. The van der Waals surface area contributed by atoms with Crippen LogP contribution in [0.25, 0.3) is 0 Å². The Morgan fingerprint density at radius 1 is 1.53 bits per heavy atom. The van der Waals surface area contributed by atoms with Gasteiger partial charge in [0, 0.05) is 12.6 Å². The molecule has 1 N–H and O–H groups in total. The van der Waals surface area contributed by atoms with Crippen molar-refractivity contribution in [3.63, 3.8) is 0 Å². The summed E-state index contributed by atoms with van der Waals surface area (Å²) in [7, 11) is 0. The zero-order chi connectivity index (χ0) is 14.0. The van der Waals surface area contributed by atoms with Crippen LogP contribution in [-0.4, -0.2) is 23.7 Å². The highest BCUT2D eigenvalue weighted by Gasteiger charge is 2.31. The van der Waals surface area contributed by atoms with E-state index < -0.39 is 11.8 Å². The van der Waals surface area contributed by atoms with Crippen LogP contribution < -0.4 is 4.90 Å². The van der Waals surface area contributed by atoms with Crippen LogP contribution in [0.4, 0.5) is 10.1 Å². The predicted octanol–water partition coefficient (Wildman–Crippen LogP) is 4.06. The second kappa shape index (κ2) is 5.90. The van der Waals surface area contributed by atoms with Gasteiger partial charge in [0.2, 0.25) is 0 Å². The van der Waals surface area contributed by atoms with Gasteiger partial charge >= 0.3 is 5.97 Å². The summed E-state index contributed by atoms with van der Waals surface area (Å²) in [6, 6.07) is 3.45. The van der Waals surface area contributed by atoms with Crippen molar-refractivity contribution in [1.29, 1.82) is 0 Å². The summed E-state index contributed by atoms with van der Waals surface area (Å²) < 4.78 is 14.4. The van der Waals surface area contributed by atoms with Crippen LogP contribution in [0.2, 0.25) is 0 Å². The average molecular weight is 330 g/mol. The van der Waals surface area contributed by atoms with Crippen molar-refractivity contribution < 1.29 is 14.3 Å². The van der Waals surface area contributed by atoms with Crippen molar-refractivity contribution >= 4 is 27.6 Å². The molecule has 1 aromatic carbocycles. The van der Waals surface area contributed by atoms with E-state index in [0.29, 0.717) is 11.7 Å². The minimum atomic E-state index is -1.12. The van der Waals surface area contributed by atoms with Crippen molar-refractivity contribution in [3.05, 3.63) is 28.0 Å². The standard InChI is InChI=1S/C14H17BrFNO2/c1-2-3-8-17(9-4-5-9)11-7-6-10(14(18)19)12(15)13(11)16/h6-7,9H,2-5,8H2,1H3,(H,18,19). The fourth-order valence-corrected chi connectivity index (χ4v) is 2.65. The van der Waals surface area contributed by atoms with Crippen molar-refractivity contribution in [2.24, 2.45) is 0 Å². The molecule has 0 atom stereocenters. The molecule has 1 aliphatic carbocycles. The monoisotopic (exact) mass is 329 g/mol. The van der Waals surface area contributed by atoms with Gasteiger partial charge in [-0.2, -0.15) is 0 Å². The highest BCUT2D eigenvalue weighted by Crippen LogP contribution is 2.36. The number of aromatic carboxylic acids is 1. The molecule has 1 aromatic rings. The van der Waals surface area contributed by atoms with E-state index in [-0.39, 0.29) is 10.0 Å². The third-order valence-electron chi connectivity index (χ3n) is 3.34. The molecule has 104 valence electrons. The highest BCUT2D eigenvalue weighted by atomic mass is 79.9. The molecule has 19 heavy (non-hydrogen) atoms. The lowest BCUT2D eigenvalue weighted by Gasteiger charge is -2.25. The average Bonchev–Trinajstić information content (AvgIpc) is 3.18. The summed E-state index contributed by atoms with van der Waals surface area (Å²) in [5.41, 5.74) is 0.473. The smallest absolute Gasteiger partial charge is 0.336 e. The third-order valence-corrected chi connectivity index (χ3v) is 4.12. The second-order valence-corrected chi connectivity index (χ2v) is 5.64. The van der Waals surface area contributed by atoms with Gasteiger partial charge in [-0.05, 0) is 47.3 Å². The normalized spacial score (nSPS) is 14.5. The van der Waals surface area contributed by atoms with Crippen molar-refractivity contribution in [2.45, 2.75) is 38.6 Å². The molecule has 0 aliphatic heterocycles. The number of anilines is 1. The van der Waals surface area contributed by atoms with Crippen LogP contribution in [0, 0.1) is 5.82 Å². The number of rotatable bonds is 6. The summed E-state index contributed by atoms with van der Waals surface area (Å²) in [4.78, 5) is 13.0. The van der Waals surface area contributed by atoms with Crippen molar-refractivity contribution in [3.8, 4) is 0 Å². The first-order valence-corrected chi connectivity index (χ1v) is 7.33. The minimum absolute atomic E-state index is 0.0347. The van der Waals surface area contributed by atoms with E-state index >= 15 is 0 Å². The number of carbonyl (C=O) groups is 1. The van der Waals surface area contributed by atoms with E-state index in [2.05, 4.69) is 27.8 Å². The van der Waals surface area contributed by atoms with Gasteiger partial charge in [0.15, 0.2) is 5.82 Å². The third kappa shape index (κ3) is 3.08. The Morgan fingerprint density at radius 3 is 2.74 bits per heavy atom. The van der Waals surface area contributed by atoms with Crippen LogP contribution in [0.15, 0.2) is 16.6 Å². The summed E-state index contributed by atoms with van der Waals surface area (Å²) in [6.45, 7) is 2.92. The molecule has 0 saturated heterocycles. The van der Waals surface area contributed by atoms with Gasteiger partial charge in [0.1, 0.15) is 0 Å².